The molecule has 2 aromatic carbocycles. The highest BCUT2D eigenvalue weighted by atomic mass is 16.6. The van der Waals surface area contributed by atoms with Gasteiger partial charge in [-0.25, -0.2) is 0 Å². The highest BCUT2D eigenvalue weighted by Crippen LogP contribution is 2.37. The molecule has 1 heterocycles. The molecule has 0 fully saturated rings. The summed E-state index contributed by atoms with van der Waals surface area (Å²) in [4.78, 5) is 25.2. The number of ether oxygens (including phenoxy) is 2. The number of hydrogen-bond donors (Lipinski definition) is 0. The minimum atomic E-state index is -0.142. The smallest absolute Gasteiger partial charge is 0.194 e. The molecule has 21 heavy (non-hydrogen) atoms. The number of aryl methyl sites for hydroxylation is 1. The van der Waals surface area contributed by atoms with E-state index in [2.05, 4.69) is 0 Å². The van der Waals surface area contributed by atoms with Gasteiger partial charge < -0.3 is 9.47 Å². The lowest BCUT2D eigenvalue weighted by molar-refractivity contribution is 0.0976. The zero-order chi connectivity index (χ0) is 14.6. The van der Waals surface area contributed by atoms with E-state index < -0.39 is 0 Å². The lowest BCUT2D eigenvalue weighted by Crippen LogP contribution is -2.23. The number of benzene rings is 2. The van der Waals surface area contributed by atoms with E-state index in [4.69, 9.17) is 9.47 Å². The number of rotatable bonds is 0. The second-order valence-electron chi connectivity index (χ2n) is 5.25. The molecule has 4 rings (SSSR count). The Bertz CT molecular complexity index is 805. The molecular weight excluding hydrogens is 268 g/mol. The molecule has 0 bridgehead atoms. The molecule has 0 aromatic heterocycles. The maximum atomic E-state index is 12.6. The molecule has 1 aliphatic heterocycles. The van der Waals surface area contributed by atoms with Crippen molar-refractivity contribution in [3.05, 3.63) is 58.1 Å². The number of hydrogen-bond acceptors (Lipinski definition) is 4. The number of fused-ring (bicyclic) bond motifs is 3. The van der Waals surface area contributed by atoms with Crippen molar-refractivity contribution in [1.82, 2.24) is 0 Å². The SMILES string of the molecule is Cc1ccc2c(c1)C(=O)c1cc3c(cc1C2=O)OCCO3. The van der Waals surface area contributed by atoms with Gasteiger partial charge in [0.05, 0.1) is 0 Å². The second kappa shape index (κ2) is 4.19. The number of carbonyl (C=O) groups is 2. The van der Waals surface area contributed by atoms with Crippen LogP contribution in [-0.4, -0.2) is 24.8 Å². The van der Waals surface area contributed by atoms with E-state index >= 15 is 0 Å². The molecule has 0 saturated heterocycles. The van der Waals surface area contributed by atoms with Crippen molar-refractivity contribution in [2.45, 2.75) is 6.92 Å². The summed E-state index contributed by atoms with van der Waals surface area (Å²) < 4.78 is 11.0. The van der Waals surface area contributed by atoms with Gasteiger partial charge in [0, 0.05) is 22.3 Å². The van der Waals surface area contributed by atoms with E-state index in [1.165, 1.54) is 0 Å². The molecule has 1 aliphatic carbocycles. The molecule has 0 atom stereocenters. The number of carbonyl (C=O) groups excluding carboxylic acids is 2. The summed E-state index contributed by atoms with van der Waals surface area (Å²) in [5.41, 5.74) is 2.65. The first kappa shape index (κ1) is 12.1. The Morgan fingerprint density at radius 3 is 1.90 bits per heavy atom. The zero-order valence-corrected chi connectivity index (χ0v) is 11.4. The summed E-state index contributed by atoms with van der Waals surface area (Å²) in [5.74, 6) is 0.769. The van der Waals surface area contributed by atoms with Crippen LogP contribution in [0.2, 0.25) is 0 Å². The van der Waals surface area contributed by atoms with Gasteiger partial charge in [-0.2, -0.15) is 0 Å². The zero-order valence-electron chi connectivity index (χ0n) is 11.4. The summed E-state index contributed by atoms with van der Waals surface area (Å²) >= 11 is 0. The van der Waals surface area contributed by atoms with Crippen molar-refractivity contribution >= 4 is 11.6 Å². The lowest BCUT2D eigenvalue weighted by Gasteiger charge is -2.23. The normalized spacial score (nSPS) is 15.5. The largest absolute Gasteiger partial charge is 0.486 e. The van der Waals surface area contributed by atoms with Crippen molar-refractivity contribution in [2.75, 3.05) is 13.2 Å². The van der Waals surface area contributed by atoms with Crippen LogP contribution in [0.3, 0.4) is 0 Å². The topological polar surface area (TPSA) is 52.6 Å². The lowest BCUT2D eigenvalue weighted by atomic mass is 9.83. The van der Waals surface area contributed by atoms with Crippen LogP contribution in [0.5, 0.6) is 11.5 Å². The van der Waals surface area contributed by atoms with Crippen LogP contribution in [0.1, 0.15) is 37.4 Å². The van der Waals surface area contributed by atoms with Crippen LogP contribution in [0.15, 0.2) is 30.3 Å². The Kier molecular flexibility index (Phi) is 2.42. The maximum Gasteiger partial charge on any atom is 0.194 e. The highest BCUT2D eigenvalue weighted by molar-refractivity contribution is 6.28. The molecule has 4 nitrogen and oxygen atoms in total. The molecule has 0 spiro atoms. The molecule has 0 saturated carbocycles. The Morgan fingerprint density at radius 2 is 1.29 bits per heavy atom. The molecule has 2 aromatic rings. The first-order chi connectivity index (χ1) is 10.1. The van der Waals surface area contributed by atoms with Gasteiger partial charge in [-0.3, -0.25) is 9.59 Å². The van der Waals surface area contributed by atoms with Crippen molar-refractivity contribution in [3.63, 3.8) is 0 Å². The average molecular weight is 280 g/mol. The van der Waals surface area contributed by atoms with Gasteiger partial charge in [-0.1, -0.05) is 17.7 Å². The fourth-order valence-electron chi connectivity index (χ4n) is 2.80. The third-order valence-electron chi connectivity index (χ3n) is 3.84. The van der Waals surface area contributed by atoms with Crippen LogP contribution in [0.4, 0.5) is 0 Å². The fourth-order valence-corrected chi connectivity index (χ4v) is 2.80. The van der Waals surface area contributed by atoms with Crippen LogP contribution in [-0.2, 0) is 0 Å². The summed E-state index contributed by atoms with van der Waals surface area (Å²) in [6, 6.07) is 8.55. The van der Waals surface area contributed by atoms with Crippen molar-refractivity contribution in [1.29, 1.82) is 0 Å². The molecule has 2 aliphatic rings. The number of ketones is 2. The van der Waals surface area contributed by atoms with E-state index in [1.54, 1.807) is 24.3 Å². The molecule has 0 radical (unpaired) electrons. The monoisotopic (exact) mass is 280 g/mol. The fraction of sp³-hybridized carbons (Fsp3) is 0.176. The van der Waals surface area contributed by atoms with E-state index in [0.29, 0.717) is 47.0 Å². The summed E-state index contributed by atoms with van der Waals surface area (Å²) in [7, 11) is 0. The van der Waals surface area contributed by atoms with Gasteiger partial charge in [0.1, 0.15) is 13.2 Å². The van der Waals surface area contributed by atoms with Gasteiger partial charge in [-0.15, -0.1) is 0 Å². The van der Waals surface area contributed by atoms with Gasteiger partial charge in [0.15, 0.2) is 23.1 Å². The van der Waals surface area contributed by atoms with Crippen molar-refractivity contribution in [2.24, 2.45) is 0 Å². The van der Waals surface area contributed by atoms with Gasteiger partial charge in [0.25, 0.3) is 0 Å². The Hall–Kier alpha value is -2.62. The Morgan fingerprint density at radius 1 is 0.762 bits per heavy atom. The highest BCUT2D eigenvalue weighted by Gasteiger charge is 2.32. The minimum absolute atomic E-state index is 0.139. The van der Waals surface area contributed by atoms with Crippen LogP contribution in [0.25, 0.3) is 0 Å². The molecule has 0 N–H and O–H groups in total. The third kappa shape index (κ3) is 1.69. The first-order valence-corrected chi connectivity index (χ1v) is 6.79. The molecule has 104 valence electrons. The summed E-state index contributed by atoms with van der Waals surface area (Å²) in [5, 5.41) is 0. The second-order valence-corrected chi connectivity index (χ2v) is 5.25. The summed E-state index contributed by atoms with van der Waals surface area (Å²) in [6.45, 7) is 2.80. The molecular formula is C17H12O4. The maximum absolute atomic E-state index is 12.6. The first-order valence-electron chi connectivity index (χ1n) is 6.79. The van der Waals surface area contributed by atoms with Crippen molar-refractivity contribution in [3.8, 4) is 11.5 Å². The van der Waals surface area contributed by atoms with E-state index in [0.717, 1.165) is 5.56 Å². The molecule has 4 heteroatoms. The van der Waals surface area contributed by atoms with Crippen LogP contribution >= 0.6 is 0 Å². The molecule has 0 amide bonds. The standard InChI is InChI=1S/C17H12O4/c1-9-2-3-10-11(6-9)17(19)13-8-15-14(20-4-5-21-15)7-12(13)16(10)18/h2-3,6-8H,4-5H2,1H3. The van der Waals surface area contributed by atoms with Crippen molar-refractivity contribution < 1.29 is 19.1 Å². The quantitative estimate of drug-likeness (QED) is 0.635. The third-order valence-corrected chi connectivity index (χ3v) is 3.84. The summed E-state index contributed by atoms with van der Waals surface area (Å²) in [6.07, 6.45) is 0. The van der Waals surface area contributed by atoms with E-state index in [-0.39, 0.29) is 11.6 Å². The molecule has 0 unspecified atom stereocenters. The predicted molar refractivity (Wildman–Crippen MR) is 75.5 cm³/mol. The predicted octanol–water partition coefficient (Wildman–Crippen LogP) is 2.54. The van der Waals surface area contributed by atoms with Crippen LogP contribution in [0, 0.1) is 6.92 Å². The Balaban J connectivity index is 1.96. The van der Waals surface area contributed by atoms with Gasteiger partial charge >= 0.3 is 0 Å². The van der Waals surface area contributed by atoms with E-state index in [9.17, 15) is 9.59 Å². The van der Waals surface area contributed by atoms with Gasteiger partial charge in [-0.05, 0) is 25.1 Å². The minimum Gasteiger partial charge on any atom is -0.486 e. The van der Waals surface area contributed by atoms with Crippen LogP contribution < -0.4 is 9.47 Å². The van der Waals surface area contributed by atoms with E-state index in [1.807, 2.05) is 13.0 Å². The Labute approximate surface area is 121 Å². The van der Waals surface area contributed by atoms with Gasteiger partial charge in [0.2, 0.25) is 0 Å². The average Bonchev–Trinajstić information content (AvgIpc) is 2.51.